The van der Waals surface area contributed by atoms with Crippen LogP contribution in [0.25, 0.3) is 0 Å². The molecule has 0 aliphatic carbocycles. The molecular weight excluding hydrogens is 294 g/mol. The van der Waals surface area contributed by atoms with Gasteiger partial charge < -0.3 is 20.7 Å². The van der Waals surface area contributed by atoms with Crippen molar-refractivity contribution < 1.29 is 14.7 Å². The highest BCUT2D eigenvalue weighted by molar-refractivity contribution is 5.98. The standard InChI is InChI=1S/C17H21N3O3/c1-12(7-8-21)20(11-13-5-3-2-4-6-13)17(23)15-9-14(10-19-15)16(18)22/h2-6,9-10,12,19,21H,7-8,11H2,1H3,(H2,18,22). The van der Waals surface area contributed by atoms with Crippen LogP contribution in [0.2, 0.25) is 0 Å². The zero-order valence-corrected chi connectivity index (χ0v) is 13.0. The number of aliphatic hydroxyl groups is 1. The number of carbonyl (C=O) groups excluding carboxylic acids is 2. The van der Waals surface area contributed by atoms with E-state index < -0.39 is 5.91 Å². The van der Waals surface area contributed by atoms with Gasteiger partial charge in [0.25, 0.3) is 5.91 Å². The lowest BCUT2D eigenvalue weighted by atomic mass is 10.1. The van der Waals surface area contributed by atoms with Crippen LogP contribution in [-0.4, -0.2) is 39.5 Å². The Morgan fingerprint density at radius 2 is 2.00 bits per heavy atom. The molecule has 0 saturated carbocycles. The maximum atomic E-state index is 12.8. The van der Waals surface area contributed by atoms with E-state index in [9.17, 15) is 14.7 Å². The van der Waals surface area contributed by atoms with Gasteiger partial charge in [0.15, 0.2) is 0 Å². The van der Waals surface area contributed by atoms with Crippen LogP contribution in [0, 0.1) is 0 Å². The SMILES string of the molecule is CC(CCO)N(Cc1ccccc1)C(=O)c1cc(C(N)=O)c[nH]1. The van der Waals surface area contributed by atoms with Gasteiger partial charge in [0, 0.05) is 25.4 Å². The lowest BCUT2D eigenvalue weighted by Gasteiger charge is -2.28. The molecule has 2 rings (SSSR count). The van der Waals surface area contributed by atoms with E-state index in [2.05, 4.69) is 4.98 Å². The van der Waals surface area contributed by atoms with Crippen LogP contribution in [0.5, 0.6) is 0 Å². The molecule has 0 aliphatic rings. The molecule has 4 N–H and O–H groups in total. The largest absolute Gasteiger partial charge is 0.396 e. The summed E-state index contributed by atoms with van der Waals surface area (Å²) in [5, 5.41) is 9.17. The number of aliphatic hydroxyl groups excluding tert-OH is 1. The molecule has 2 amide bonds. The van der Waals surface area contributed by atoms with E-state index in [0.717, 1.165) is 5.56 Å². The predicted molar refractivity (Wildman–Crippen MR) is 86.8 cm³/mol. The third kappa shape index (κ3) is 4.20. The number of hydrogen-bond acceptors (Lipinski definition) is 3. The zero-order valence-electron chi connectivity index (χ0n) is 13.0. The summed E-state index contributed by atoms with van der Waals surface area (Å²) in [5.74, 6) is -0.819. The summed E-state index contributed by atoms with van der Waals surface area (Å²) < 4.78 is 0. The molecule has 23 heavy (non-hydrogen) atoms. The number of aromatic amines is 1. The molecule has 6 nitrogen and oxygen atoms in total. The van der Waals surface area contributed by atoms with Crippen molar-refractivity contribution in [3.05, 3.63) is 59.4 Å². The Balaban J connectivity index is 2.24. The van der Waals surface area contributed by atoms with E-state index in [4.69, 9.17) is 5.73 Å². The number of nitrogens with two attached hydrogens (primary N) is 1. The van der Waals surface area contributed by atoms with Gasteiger partial charge in [-0.25, -0.2) is 0 Å². The van der Waals surface area contributed by atoms with Gasteiger partial charge in [0.2, 0.25) is 5.91 Å². The first-order chi connectivity index (χ1) is 11.0. The number of nitrogens with zero attached hydrogens (tertiary/aromatic N) is 1. The molecule has 6 heteroatoms. The molecule has 1 heterocycles. The van der Waals surface area contributed by atoms with E-state index in [0.29, 0.717) is 18.7 Å². The topological polar surface area (TPSA) is 99.4 Å². The molecule has 0 aliphatic heterocycles. The molecule has 1 aromatic carbocycles. The molecule has 0 fully saturated rings. The monoisotopic (exact) mass is 315 g/mol. The fraction of sp³-hybridized carbons (Fsp3) is 0.294. The van der Waals surface area contributed by atoms with Gasteiger partial charge in [-0.3, -0.25) is 9.59 Å². The van der Waals surface area contributed by atoms with Gasteiger partial charge in [-0.1, -0.05) is 30.3 Å². The lowest BCUT2D eigenvalue weighted by molar-refractivity contribution is 0.0643. The highest BCUT2D eigenvalue weighted by atomic mass is 16.3. The Kier molecular flexibility index (Phi) is 5.54. The van der Waals surface area contributed by atoms with Crippen LogP contribution >= 0.6 is 0 Å². The molecule has 0 saturated heterocycles. The summed E-state index contributed by atoms with van der Waals surface area (Å²) >= 11 is 0. The third-order valence-electron chi connectivity index (χ3n) is 3.73. The van der Waals surface area contributed by atoms with Crippen molar-refractivity contribution >= 4 is 11.8 Å². The highest BCUT2D eigenvalue weighted by Crippen LogP contribution is 2.15. The summed E-state index contributed by atoms with van der Waals surface area (Å²) in [5.41, 5.74) is 6.78. The van der Waals surface area contributed by atoms with Gasteiger partial charge in [-0.15, -0.1) is 0 Å². The number of benzene rings is 1. The van der Waals surface area contributed by atoms with Crippen molar-refractivity contribution in [2.75, 3.05) is 6.61 Å². The first-order valence-corrected chi connectivity index (χ1v) is 7.47. The van der Waals surface area contributed by atoms with Crippen molar-refractivity contribution in [2.24, 2.45) is 5.73 Å². The minimum atomic E-state index is -0.585. The van der Waals surface area contributed by atoms with Crippen LogP contribution in [0.15, 0.2) is 42.6 Å². The van der Waals surface area contributed by atoms with E-state index in [-0.39, 0.29) is 24.1 Å². The fourth-order valence-corrected chi connectivity index (χ4v) is 2.37. The summed E-state index contributed by atoms with van der Waals surface area (Å²) in [4.78, 5) is 28.4. The number of aromatic nitrogens is 1. The predicted octanol–water partition coefficient (Wildman–Crippen LogP) is 1.53. The van der Waals surface area contributed by atoms with Gasteiger partial charge in [0.1, 0.15) is 5.69 Å². The number of hydrogen-bond donors (Lipinski definition) is 3. The second-order valence-electron chi connectivity index (χ2n) is 5.45. The smallest absolute Gasteiger partial charge is 0.270 e. The molecule has 122 valence electrons. The Morgan fingerprint density at radius 1 is 1.30 bits per heavy atom. The summed E-state index contributed by atoms with van der Waals surface area (Å²) in [6.45, 7) is 2.30. The number of H-pyrrole nitrogens is 1. The van der Waals surface area contributed by atoms with Crippen molar-refractivity contribution in [3.63, 3.8) is 0 Å². The van der Waals surface area contributed by atoms with Crippen molar-refractivity contribution in [2.45, 2.75) is 25.9 Å². The van der Waals surface area contributed by atoms with E-state index in [1.54, 1.807) is 4.90 Å². The van der Waals surface area contributed by atoms with Crippen LogP contribution in [0.1, 0.15) is 39.8 Å². The minimum absolute atomic E-state index is 0.00298. The van der Waals surface area contributed by atoms with Gasteiger partial charge in [-0.2, -0.15) is 0 Å². The van der Waals surface area contributed by atoms with Gasteiger partial charge >= 0.3 is 0 Å². The summed E-state index contributed by atoms with van der Waals surface area (Å²) in [7, 11) is 0. The summed E-state index contributed by atoms with van der Waals surface area (Å²) in [6, 6.07) is 10.9. The normalized spacial score (nSPS) is 11.9. The lowest BCUT2D eigenvalue weighted by Crippen LogP contribution is -2.38. The van der Waals surface area contributed by atoms with E-state index >= 15 is 0 Å². The Morgan fingerprint density at radius 3 is 2.57 bits per heavy atom. The van der Waals surface area contributed by atoms with E-state index in [1.165, 1.54) is 12.3 Å². The number of nitrogens with one attached hydrogen (secondary N) is 1. The van der Waals surface area contributed by atoms with Crippen LogP contribution in [0.4, 0.5) is 0 Å². The van der Waals surface area contributed by atoms with Crippen molar-refractivity contribution in [1.29, 1.82) is 0 Å². The van der Waals surface area contributed by atoms with Crippen LogP contribution < -0.4 is 5.73 Å². The maximum Gasteiger partial charge on any atom is 0.270 e. The Bertz CT molecular complexity index is 667. The number of carbonyl (C=O) groups is 2. The maximum absolute atomic E-state index is 12.8. The van der Waals surface area contributed by atoms with Crippen molar-refractivity contribution in [1.82, 2.24) is 9.88 Å². The van der Waals surface area contributed by atoms with Crippen LogP contribution in [-0.2, 0) is 6.54 Å². The molecule has 1 aromatic heterocycles. The Labute approximate surface area is 134 Å². The zero-order chi connectivity index (χ0) is 16.8. The number of rotatable bonds is 7. The molecule has 1 unspecified atom stereocenters. The average molecular weight is 315 g/mol. The second-order valence-corrected chi connectivity index (χ2v) is 5.45. The molecule has 0 bridgehead atoms. The van der Waals surface area contributed by atoms with Gasteiger partial charge in [-0.05, 0) is 25.0 Å². The van der Waals surface area contributed by atoms with E-state index in [1.807, 2.05) is 37.3 Å². The molecule has 0 radical (unpaired) electrons. The quantitative estimate of drug-likeness (QED) is 0.722. The first-order valence-electron chi connectivity index (χ1n) is 7.47. The molecule has 1 atom stereocenters. The van der Waals surface area contributed by atoms with Crippen LogP contribution in [0.3, 0.4) is 0 Å². The van der Waals surface area contributed by atoms with Crippen molar-refractivity contribution in [3.8, 4) is 0 Å². The second kappa shape index (κ2) is 7.60. The molecule has 0 spiro atoms. The number of amides is 2. The number of primary amides is 1. The Hall–Kier alpha value is -2.60. The molecule has 2 aromatic rings. The highest BCUT2D eigenvalue weighted by Gasteiger charge is 2.23. The minimum Gasteiger partial charge on any atom is -0.396 e. The molecular formula is C17H21N3O3. The van der Waals surface area contributed by atoms with Gasteiger partial charge in [0.05, 0.1) is 5.56 Å². The fourth-order valence-electron chi connectivity index (χ4n) is 2.37. The summed E-state index contributed by atoms with van der Waals surface area (Å²) in [6.07, 6.45) is 1.90. The first kappa shape index (κ1) is 16.8. The third-order valence-corrected chi connectivity index (χ3v) is 3.73. The average Bonchev–Trinajstić information content (AvgIpc) is 3.03.